The van der Waals surface area contributed by atoms with Gasteiger partial charge in [0, 0.05) is 19.4 Å². The summed E-state index contributed by atoms with van der Waals surface area (Å²) in [6.45, 7) is 2.10. The van der Waals surface area contributed by atoms with Crippen molar-refractivity contribution in [2.75, 3.05) is 0 Å². The number of aromatic nitrogens is 3. The van der Waals surface area contributed by atoms with Crippen LogP contribution >= 0.6 is 0 Å². The third-order valence-corrected chi connectivity index (χ3v) is 3.80. The summed E-state index contributed by atoms with van der Waals surface area (Å²) < 4.78 is 7.35. The lowest BCUT2D eigenvalue weighted by Gasteiger charge is -2.24. The van der Waals surface area contributed by atoms with Gasteiger partial charge in [0.2, 0.25) is 11.8 Å². The van der Waals surface area contributed by atoms with Gasteiger partial charge in [0.25, 0.3) is 0 Å². The zero-order valence-electron chi connectivity index (χ0n) is 12.6. The van der Waals surface area contributed by atoms with E-state index in [1.54, 1.807) is 17.1 Å². The molecule has 0 saturated carbocycles. The third-order valence-electron chi connectivity index (χ3n) is 3.80. The number of hydrogen-bond donors (Lipinski definition) is 1. The van der Waals surface area contributed by atoms with E-state index >= 15 is 0 Å². The van der Waals surface area contributed by atoms with Gasteiger partial charge in [-0.1, -0.05) is 13.3 Å². The lowest BCUT2D eigenvalue weighted by Crippen LogP contribution is -2.22. The van der Waals surface area contributed by atoms with Crippen LogP contribution < -0.4 is 10.5 Å². The lowest BCUT2D eigenvalue weighted by atomic mass is 9.84. The summed E-state index contributed by atoms with van der Waals surface area (Å²) in [6.07, 6.45) is 5.22. The zero-order valence-corrected chi connectivity index (χ0v) is 12.6. The van der Waals surface area contributed by atoms with Gasteiger partial charge in [-0.2, -0.15) is 10.4 Å². The fourth-order valence-corrected chi connectivity index (χ4v) is 2.87. The number of fused-ring (bicyclic) bond motifs is 1. The highest BCUT2D eigenvalue weighted by Crippen LogP contribution is 2.43. The number of allylic oxidation sites excluding steroid dienone is 1. The molecule has 0 unspecified atom stereocenters. The maximum Gasteiger partial charge on any atom is 0.224 e. The molecule has 0 saturated heterocycles. The molecule has 112 valence electrons. The number of nitrogens with two attached hydrogens (primary N) is 1. The topological polar surface area (TPSA) is 89.8 Å². The molecule has 0 aliphatic carbocycles. The van der Waals surface area contributed by atoms with Crippen molar-refractivity contribution in [3.05, 3.63) is 52.8 Å². The van der Waals surface area contributed by atoms with Crippen LogP contribution in [0.25, 0.3) is 0 Å². The molecule has 1 aliphatic rings. The fraction of sp³-hybridized carbons (Fsp3) is 0.312. The first-order chi connectivity index (χ1) is 10.7. The number of nitrogens with zero attached hydrogens (tertiary/aromatic N) is 4. The minimum Gasteiger partial charge on any atom is -0.422 e. The van der Waals surface area contributed by atoms with Crippen LogP contribution in [0.5, 0.6) is 5.88 Å². The molecule has 0 fully saturated rings. The van der Waals surface area contributed by atoms with Crippen LogP contribution in [0.15, 0.2) is 36.0 Å². The molecule has 2 aromatic rings. The van der Waals surface area contributed by atoms with Crippen LogP contribution in [0.4, 0.5) is 0 Å². The summed E-state index contributed by atoms with van der Waals surface area (Å²) in [4.78, 5) is 4.05. The monoisotopic (exact) mass is 295 g/mol. The van der Waals surface area contributed by atoms with Gasteiger partial charge in [0.15, 0.2) is 0 Å². The van der Waals surface area contributed by atoms with Gasteiger partial charge in [0.05, 0.1) is 17.2 Å². The minimum atomic E-state index is -0.257. The summed E-state index contributed by atoms with van der Waals surface area (Å²) in [5.74, 6) is 0.497. The standard InChI is InChI=1S/C16H17N5O/c1-3-4-12-14-13(10-5-7-19-8-6-10)11(9-17)15(18)22-16(14)21(2)20-12/h5-8,13H,3-4,18H2,1-2H3/t13-/m0/s1. The van der Waals surface area contributed by atoms with E-state index in [1.807, 2.05) is 19.2 Å². The average molecular weight is 295 g/mol. The van der Waals surface area contributed by atoms with Gasteiger partial charge in [-0.25, -0.2) is 4.68 Å². The van der Waals surface area contributed by atoms with Gasteiger partial charge in [-0.15, -0.1) is 0 Å². The van der Waals surface area contributed by atoms with Crippen molar-refractivity contribution in [1.29, 1.82) is 5.26 Å². The van der Waals surface area contributed by atoms with E-state index in [1.165, 1.54) is 0 Å². The van der Waals surface area contributed by atoms with Crippen molar-refractivity contribution in [1.82, 2.24) is 14.8 Å². The normalized spacial score (nSPS) is 16.9. The van der Waals surface area contributed by atoms with Crippen molar-refractivity contribution in [2.45, 2.75) is 25.7 Å². The molecule has 0 amide bonds. The molecule has 1 aliphatic heterocycles. The van der Waals surface area contributed by atoms with Crippen LogP contribution in [0.1, 0.15) is 36.1 Å². The Hall–Kier alpha value is -2.81. The highest BCUT2D eigenvalue weighted by atomic mass is 16.5. The Morgan fingerprint density at radius 2 is 2.14 bits per heavy atom. The van der Waals surface area contributed by atoms with E-state index in [0.717, 1.165) is 29.7 Å². The van der Waals surface area contributed by atoms with E-state index in [0.29, 0.717) is 11.5 Å². The second-order valence-electron chi connectivity index (χ2n) is 5.24. The number of rotatable bonds is 3. The second kappa shape index (κ2) is 5.53. The third kappa shape index (κ3) is 2.11. The molecule has 3 heterocycles. The van der Waals surface area contributed by atoms with Crippen molar-refractivity contribution < 1.29 is 4.74 Å². The van der Waals surface area contributed by atoms with Crippen molar-refractivity contribution in [3.8, 4) is 11.9 Å². The summed E-state index contributed by atoms with van der Waals surface area (Å²) >= 11 is 0. The molecule has 6 nitrogen and oxygen atoms in total. The molecule has 22 heavy (non-hydrogen) atoms. The quantitative estimate of drug-likeness (QED) is 0.935. The number of hydrogen-bond acceptors (Lipinski definition) is 5. The van der Waals surface area contributed by atoms with E-state index < -0.39 is 0 Å². The van der Waals surface area contributed by atoms with Crippen LogP contribution in [-0.4, -0.2) is 14.8 Å². The predicted octanol–water partition coefficient (Wildman–Crippen LogP) is 1.99. The predicted molar refractivity (Wildman–Crippen MR) is 80.7 cm³/mol. The largest absolute Gasteiger partial charge is 0.422 e. The Morgan fingerprint density at radius 1 is 1.41 bits per heavy atom. The molecule has 0 aromatic carbocycles. The molecule has 0 bridgehead atoms. The van der Waals surface area contributed by atoms with E-state index in [4.69, 9.17) is 10.5 Å². The van der Waals surface area contributed by atoms with Gasteiger partial charge < -0.3 is 10.5 Å². The smallest absolute Gasteiger partial charge is 0.224 e. The number of nitriles is 1. The highest BCUT2D eigenvalue weighted by molar-refractivity contribution is 5.55. The second-order valence-corrected chi connectivity index (χ2v) is 5.24. The molecule has 2 N–H and O–H groups in total. The first kappa shape index (κ1) is 14.1. The van der Waals surface area contributed by atoms with Gasteiger partial charge in [0.1, 0.15) is 11.6 Å². The maximum atomic E-state index is 9.54. The SMILES string of the molecule is CCCc1nn(C)c2c1[C@@H](c1ccncc1)C(C#N)=C(N)O2. The summed E-state index contributed by atoms with van der Waals surface area (Å²) in [5.41, 5.74) is 9.22. The molecular formula is C16H17N5O. The van der Waals surface area contributed by atoms with E-state index in [9.17, 15) is 5.26 Å². The molecule has 2 aromatic heterocycles. The Bertz CT molecular complexity index is 770. The van der Waals surface area contributed by atoms with Crippen LogP contribution in [0.2, 0.25) is 0 Å². The van der Waals surface area contributed by atoms with Crippen molar-refractivity contribution in [2.24, 2.45) is 12.8 Å². The first-order valence-corrected chi connectivity index (χ1v) is 7.20. The van der Waals surface area contributed by atoms with E-state index in [2.05, 4.69) is 23.1 Å². The Balaban J connectivity index is 2.25. The van der Waals surface area contributed by atoms with Crippen molar-refractivity contribution >= 4 is 0 Å². The molecular weight excluding hydrogens is 278 g/mol. The molecule has 3 rings (SSSR count). The Kier molecular flexibility index (Phi) is 3.55. The Morgan fingerprint density at radius 3 is 2.77 bits per heavy atom. The Labute approximate surface area is 128 Å². The number of pyridine rings is 1. The summed E-state index contributed by atoms with van der Waals surface area (Å²) in [7, 11) is 1.83. The van der Waals surface area contributed by atoms with Crippen molar-refractivity contribution in [3.63, 3.8) is 0 Å². The van der Waals surface area contributed by atoms with Gasteiger partial charge >= 0.3 is 0 Å². The summed E-state index contributed by atoms with van der Waals surface area (Å²) in [5, 5.41) is 14.1. The lowest BCUT2D eigenvalue weighted by molar-refractivity contribution is 0.358. The highest BCUT2D eigenvalue weighted by Gasteiger charge is 2.35. The molecule has 6 heteroatoms. The number of aryl methyl sites for hydroxylation is 2. The van der Waals surface area contributed by atoms with E-state index in [-0.39, 0.29) is 11.8 Å². The van der Waals surface area contributed by atoms with Crippen LogP contribution in [0, 0.1) is 11.3 Å². The van der Waals surface area contributed by atoms with Crippen LogP contribution in [0.3, 0.4) is 0 Å². The van der Waals surface area contributed by atoms with Gasteiger partial charge in [-0.3, -0.25) is 4.98 Å². The summed E-state index contributed by atoms with van der Waals surface area (Å²) in [6, 6.07) is 5.99. The molecule has 0 radical (unpaired) electrons. The average Bonchev–Trinajstić information content (AvgIpc) is 2.83. The maximum absolute atomic E-state index is 9.54. The molecule has 0 spiro atoms. The number of ether oxygens (including phenoxy) is 1. The fourth-order valence-electron chi connectivity index (χ4n) is 2.87. The minimum absolute atomic E-state index is 0.142. The van der Waals surface area contributed by atoms with Crippen LogP contribution in [-0.2, 0) is 13.5 Å². The molecule has 1 atom stereocenters. The first-order valence-electron chi connectivity index (χ1n) is 7.20. The van der Waals surface area contributed by atoms with Gasteiger partial charge in [-0.05, 0) is 24.1 Å². The zero-order chi connectivity index (χ0) is 15.7.